The molecule has 3 rings (SSSR count). The molecule has 1 amide bonds. The highest BCUT2D eigenvalue weighted by atomic mass is 32.1. The third kappa shape index (κ3) is 2.12. The fourth-order valence-electron chi connectivity index (χ4n) is 1.89. The number of aromatic nitrogens is 2. The summed E-state index contributed by atoms with van der Waals surface area (Å²) in [4.78, 5) is 12.7. The fourth-order valence-corrected chi connectivity index (χ4v) is 2.88. The number of halogens is 1. The molecule has 2 heterocycles. The van der Waals surface area contributed by atoms with Crippen molar-refractivity contribution in [3.8, 4) is 0 Å². The van der Waals surface area contributed by atoms with Crippen LogP contribution in [0.3, 0.4) is 0 Å². The first-order valence-electron chi connectivity index (χ1n) is 5.82. The molecule has 0 radical (unpaired) electrons. The fraction of sp³-hybridized carbons (Fsp3) is 0.0769. The predicted octanol–water partition coefficient (Wildman–Crippen LogP) is 2.61. The molecule has 3 N–H and O–H groups in total. The normalized spacial score (nSPS) is 10.9. The number of amides is 1. The number of hydrogen-bond donors (Lipinski definition) is 2. The molecule has 7 heteroatoms. The van der Waals surface area contributed by atoms with E-state index in [1.165, 1.54) is 34.3 Å². The highest BCUT2D eigenvalue weighted by molar-refractivity contribution is 7.20. The van der Waals surface area contributed by atoms with E-state index in [-0.39, 0.29) is 11.7 Å². The molecular formula is C13H11FN4OS. The van der Waals surface area contributed by atoms with Gasteiger partial charge in [-0.05, 0) is 23.6 Å². The van der Waals surface area contributed by atoms with Crippen molar-refractivity contribution in [2.75, 3.05) is 11.1 Å². The number of nitrogens with one attached hydrogen (secondary N) is 1. The SMILES string of the molecule is Cn1ncc(N)c1NC(=O)c1cc2ccc(F)cc2s1. The summed E-state index contributed by atoms with van der Waals surface area (Å²) in [7, 11) is 1.69. The number of carbonyl (C=O) groups is 1. The molecule has 5 nitrogen and oxygen atoms in total. The first-order valence-corrected chi connectivity index (χ1v) is 6.64. The standard InChI is InChI=1S/C13H11FN4OS/c1-18-12(9(15)6-16-18)17-13(19)11-4-7-2-3-8(14)5-10(7)20-11/h2-6H,15H2,1H3,(H,17,19). The number of benzene rings is 1. The molecular weight excluding hydrogens is 279 g/mol. The van der Waals surface area contributed by atoms with Crippen LogP contribution >= 0.6 is 11.3 Å². The Morgan fingerprint density at radius 3 is 2.95 bits per heavy atom. The highest BCUT2D eigenvalue weighted by Gasteiger charge is 2.14. The Morgan fingerprint density at radius 1 is 1.45 bits per heavy atom. The number of thiophene rings is 1. The van der Waals surface area contributed by atoms with Crippen molar-refractivity contribution in [1.29, 1.82) is 0 Å². The largest absolute Gasteiger partial charge is 0.394 e. The molecule has 0 aliphatic carbocycles. The van der Waals surface area contributed by atoms with Gasteiger partial charge >= 0.3 is 0 Å². The minimum atomic E-state index is -0.317. The Morgan fingerprint density at radius 2 is 2.25 bits per heavy atom. The summed E-state index contributed by atoms with van der Waals surface area (Å²) < 4.78 is 15.4. The number of nitrogens with two attached hydrogens (primary N) is 1. The molecule has 3 aromatic rings. The van der Waals surface area contributed by atoms with Crippen molar-refractivity contribution in [1.82, 2.24) is 9.78 Å². The second kappa shape index (κ2) is 4.61. The maximum Gasteiger partial charge on any atom is 0.266 e. The molecule has 102 valence electrons. The van der Waals surface area contributed by atoms with Crippen LogP contribution < -0.4 is 11.1 Å². The number of hydrogen-bond acceptors (Lipinski definition) is 4. The zero-order chi connectivity index (χ0) is 14.3. The molecule has 0 saturated carbocycles. The average Bonchev–Trinajstić information content (AvgIpc) is 2.96. The van der Waals surface area contributed by atoms with Crippen LogP contribution in [0.15, 0.2) is 30.5 Å². The number of anilines is 2. The Hall–Kier alpha value is -2.41. The lowest BCUT2D eigenvalue weighted by Crippen LogP contribution is -2.14. The molecule has 0 aliphatic heterocycles. The number of nitrogens with zero attached hydrogens (tertiary/aromatic N) is 2. The number of nitrogen functional groups attached to an aromatic ring is 1. The zero-order valence-corrected chi connectivity index (χ0v) is 11.4. The van der Waals surface area contributed by atoms with Crippen LogP contribution in [0, 0.1) is 5.82 Å². The quantitative estimate of drug-likeness (QED) is 0.762. The number of aryl methyl sites for hydroxylation is 1. The summed E-state index contributed by atoms with van der Waals surface area (Å²) in [5.74, 6) is -0.164. The molecule has 0 saturated heterocycles. The van der Waals surface area contributed by atoms with Crippen LogP contribution in [0.1, 0.15) is 9.67 Å². The van der Waals surface area contributed by atoms with E-state index in [0.29, 0.717) is 16.4 Å². The first kappa shape index (κ1) is 12.6. The van der Waals surface area contributed by atoms with Crippen molar-refractivity contribution in [2.24, 2.45) is 7.05 Å². The van der Waals surface area contributed by atoms with Gasteiger partial charge in [-0.2, -0.15) is 5.10 Å². The molecule has 0 fully saturated rings. The molecule has 0 spiro atoms. The average molecular weight is 290 g/mol. The first-order chi connectivity index (χ1) is 9.54. The van der Waals surface area contributed by atoms with Crippen LogP contribution in [-0.4, -0.2) is 15.7 Å². The Bertz CT molecular complexity index is 788. The van der Waals surface area contributed by atoms with Gasteiger partial charge in [0.15, 0.2) is 5.82 Å². The van der Waals surface area contributed by atoms with Crippen LogP contribution in [0.5, 0.6) is 0 Å². The minimum Gasteiger partial charge on any atom is -0.394 e. The van der Waals surface area contributed by atoms with E-state index in [0.717, 1.165) is 10.1 Å². The minimum absolute atomic E-state index is 0.290. The summed E-state index contributed by atoms with van der Waals surface area (Å²) >= 11 is 1.23. The van der Waals surface area contributed by atoms with Crippen molar-refractivity contribution in [3.05, 3.63) is 41.2 Å². The summed E-state index contributed by atoms with van der Waals surface area (Å²) in [5, 5.41) is 7.48. The third-order valence-corrected chi connectivity index (χ3v) is 4.00. The van der Waals surface area contributed by atoms with Crippen LogP contribution in [-0.2, 0) is 7.05 Å². The van der Waals surface area contributed by atoms with E-state index >= 15 is 0 Å². The van der Waals surface area contributed by atoms with E-state index in [2.05, 4.69) is 10.4 Å². The van der Waals surface area contributed by atoms with Crippen molar-refractivity contribution >= 4 is 38.8 Å². The van der Waals surface area contributed by atoms with Crippen molar-refractivity contribution < 1.29 is 9.18 Å². The van der Waals surface area contributed by atoms with Crippen LogP contribution in [0.2, 0.25) is 0 Å². The van der Waals surface area contributed by atoms with Gasteiger partial charge in [0, 0.05) is 11.7 Å². The maximum atomic E-state index is 13.1. The lowest BCUT2D eigenvalue weighted by Gasteiger charge is -2.04. The molecule has 20 heavy (non-hydrogen) atoms. The molecule has 0 aliphatic rings. The van der Waals surface area contributed by atoms with Crippen LogP contribution in [0.25, 0.3) is 10.1 Å². The molecule has 1 aromatic carbocycles. The van der Waals surface area contributed by atoms with Gasteiger partial charge in [-0.15, -0.1) is 11.3 Å². The van der Waals surface area contributed by atoms with Gasteiger partial charge in [0.2, 0.25) is 0 Å². The molecule has 0 unspecified atom stereocenters. The van der Waals surface area contributed by atoms with Gasteiger partial charge in [0.05, 0.1) is 16.8 Å². The smallest absolute Gasteiger partial charge is 0.266 e. The second-order valence-electron chi connectivity index (χ2n) is 4.32. The van der Waals surface area contributed by atoms with E-state index in [9.17, 15) is 9.18 Å². The van der Waals surface area contributed by atoms with Gasteiger partial charge in [0.25, 0.3) is 5.91 Å². The summed E-state index contributed by atoms with van der Waals surface area (Å²) in [6, 6.07) is 6.16. The summed E-state index contributed by atoms with van der Waals surface area (Å²) in [5.41, 5.74) is 6.11. The molecule has 0 bridgehead atoms. The van der Waals surface area contributed by atoms with Crippen molar-refractivity contribution in [3.63, 3.8) is 0 Å². The topological polar surface area (TPSA) is 72.9 Å². The van der Waals surface area contributed by atoms with Gasteiger partial charge in [-0.1, -0.05) is 6.07 Å². The van der Waals surface area contributed by atoms with Gasteiger partial charge < -0.3 is 11.1 Å². The number of carbonyl (C=O) groups excluding carboxylic acids is 1. The Balaban J connectivity index is 1.93. The Kier molecular flexibility index (Phi) is 2.90. The summed E-state index contributed by atoms with van der Waals surface area (Å²) in [6.07, 6.45) is 1.47. The number of fused-ring (bicyclic) bond motifs is 1. The lowest BCUT2D eigenvalue weighted by atomic mass is 10.2. The van der Waals surface area contributed by atoms with Gasteiger partial charge in [0.1, 0.15) is 5.82 Å². The van der Waals surface area contributed by atoms with Crippen LogP contribution in [0.4, 0.5) is 15.9 Å². The third-order valence-electron chi connectivity index (χ3n) is 2.90. The molecule has 0 atom stereocenters. The predicted molar refractivity (Wildman–Crippen MR) is 77.4 cm³/mol. The zero-order valence-electron chi connectivity index (χ0n) is 10.6. The van der Waals surface area contributed by atoms with E-state index in [1.54, 1.807) is 19.2 Å². The van der Waals surface area contributed by atoms with Crippen molar-refractivity contribution in [2.45, 2.75) is 0 Å². The van der Waals surface area contributed by atoms with Gasteiger partial charge in [-0.3, -0.25) is 9.48 Å². The lowest BCUT2D eigenvalue weighted by molar-refractivity contribution is 0.102. The number of rotatable bonds is 2. The van der Waals surface area contributed by atoms with E-state index < -0.39 is 0 Å². The Labute approximate surface area is 117 Å². The maximum absolute atomic E-state index is 13.1. The summed E-state index contributed by atoms with van der Waals surface area (Å²) in [6.45, 7) is 0. The second-order valence-corrected chi connectivity index (χ2v) is 5.40. The monoisotopic (exact) mass is 290 g/mol. The van der Waals surface area contributed by atoms with E-state index in [1.807, 2.05) is 0 Å². The van der Waals surface area contributed by atoms with Gasteiger partial charge in [-0.25, -0.2) is 4.39 Å². The van der Waals surface area contributed by atoms with E-state index in [4.69, 9.17) is 5.73 Å². The highest BCUT2D eigenvalue weighted by Crippen LogP contribution is 2.27. The molecule has 2 aromatic heterocycles.